The molecule has 0 saturated heterocycles. The molecule has 1 heterocycles. The molecule has 0 saturated carbocycles. The average Bonchev–Trinajstić information content (AvgIpc) is 2.95. The van der Waals surface area contributed by atoms with Crippen molar-refractivity contribution < 1.29 is 14.3 Å². The lowest BCUT2D eigenvalue weighted by Gasteiger charge is -2.28. The summed E-state index contributed by atoms with van der Waals surface area (Å²) in [5, 5.41) is 7.91. The number of carbonyl (C=O) groups excluding carboxylic acids is 2. The number of hydrazine groups is 1. The van der Waals surface area contributed by atoms with Crippen LogP contribution in [0.4, 0.5) is 16.2 Å². The van der Waals surface area contributed by atoms with E-state index in [1.807, 2.05) is 0 Å². The van der Waals surface area contributed by atoms with E-state index in [4.69, 9.17) is 27.9 Å². The predicted molar refractivity (Wildman–Crippen MR) is 103 cm³/mol. The Balaban J connectivity index is 2.33. The minimum absolute atomic E-state index is 0.268. The van der Waals surface area contributed by atoms with Crippen molar-refractivity contribution in [2.24, 2.45) is 12.9 Å². The first-order valence-electron chi connectivity index (χ1n) is 8.10. The number of aromatic nitrogens is 2. The zero-order valence-electron chi connectivity index (χ0n) is 15.6. The number of hydrogen-bond donors (Lipinski definition) is 3. The summed E-state index contributed by atoms with van der Waals surface area (Å²) in [6.45, 7) is 5.09. The second-order valence-corrected chi connectivity index (χ2v) is 7.36. The Morgan fingerprint density at radius 2 is 2.00 bits per heavy atom. The van der Waals surface area contributed by atoms with Gasteiger partial charge in [-0.1, -0.05) is 11.6 Å². The molecule has 9 nitrogen and oxygen atoms in total. The van der Waals surface area contributed by atoms with Gasteiger partial charge in [0.2, 0.25) is 0 Å². The van der Waals surface area contributed by atoms with Gasteiger partial charge in [-0.3, -0.25) is 9.48 Å². The van der Waals surface area contributed by atoms with E-state index >= 15 is 0 Å². The number of hydrogen-bond acceptors (Lipinski definition) is 6. The standard InChI is InChI=1S/C17H23ClN6O3/c1-17(2,3)27-16(26)24(20)14(12-7-8-23(4)22-12)15(25)21-13-9-10(18)5-6-11(13)19/h5-9,14H,19-20H2,1-4H3,(H,21,25). The van der Waals surface area contributed by atoms with Gasteiger partial charge in [-0.15, -0.1) is 0 Å². The second-order valence-electron chi connectivity index (χ2n) is 6.93. The monoisotopic (exact) mass is 394 g/mol. The Morgan fingerprint density at radius 1 is 1.33 bits per heavy atom. The van der Waals surface area contributed by atoms with Crippen molar-refractivity contribution in [2.45, 2.75) is 32.4 Å². The smallest absolute Gasteiger partial charge is 0.425 e. The quantitative estimate of drug-likeness (QED) is 0.316. The number of amides is 2. The highest BCUT2D eigenvalue weighted by Gasteiger charge is 2.34. The van der Waals surface area contributed by atoms with Crippen LogP contribution in [0.3, 0.4) is 0 Å². The van der Waals surface area contributed by atoms with E-state index in [2.05, 4.69) is 10.4 Å². The third-order valence-electron chi connectivity index (χ3n) is 3.42. The Labute approximate surface area is 162 Å². The van der Waals surface area contributed by atoms with Crippen LogP contribution in [0.1, 0.15) is 32.5 Å². The molecule has 0 bridgehead atoms. The summed E-state index contributed by atoms with van der Waals surface area (Å²) in [7, 11) is 1.68. The van der Waals surface area contributed by atoms with Gasteiger partial charge in [-0.25, -0.2) is 15.6 Å². The van der Waals surface area contributed by atoms with Crippen LogP contribution in [0.25, 0.3) is 0 Å². The molecule has 1 unspecified atom stereocenters. The summed E-state index contributed by atoms with van der Waals surface area (Å²) in [6.07, 6.45) is 0.763. The fourth-order valence-corrected chi connectivity index (χ4v) is 2.41. The minimum atomic E-state index is -1.24. The first-order valence-corrected chi connectivity index (χ1v) is 8.48. The van der Waals surface area contributed by atoms with Gasteiger partial charge >= 0.3 is 6.09 Å². The Bertz CT molecular complexity index is 845. The maximum absolute atomic E-state index is 12.9. The maximum Gasteiger partial charge on any atom is 0.425 e. The van der Waals surface area contributed by atoms with Gasteiger partial charge in [0.25, 0.3) is 5.91 Å². The molecule has 1 aromatic heterocycles. The molecule has 0 aliphatic carbocycles. The van der Waals surface area contributed by atoms with E-state index in [1.165, 1.54) is 10.7 Å². The average molecular weight is 395 g/mol. The molecule has 146 valence electrons. The summed E-state index contributed by atoms with van der Waals surface area (Å²) in [4.78, 5) is 25.3. The Morgan fingerprint density at radius 3 is 2.56 bits per heavy atom. The van der Waals surface area contributed by atoms with Crippen LogP contribution in [0, 0.1) is 0 Å². The van der Waals surface area contributed by atoms with Crippen LogP contribution in [0.2, 0.25) is 5.02 Å². The molecule has 2 rings (SSSR count). The number of nitrogens with one attached hydrogen (secondary N) is 1. The van der Waals surface area contributed by atoms with Gasteiger partial charge in [-0.05, 0) is 45.0 Å². The lowest BCUT2D eigenvalue weighted by molar-refractivity contribution is -0.121. The molecule has 2 aromatic rings. The number of anilines is 2. The second kappa shape index (κ2) is 7.85. The third-order valence-corrected chi connectivity index (χ3v) is 3.65. The predicted octanol–water partition coefficient (Wildman–Crippen LogP) is 2.45. The molecule has 1 atom stereocenters. The molecular weight excluding hydrogens is 372 g/mol. The number of rotatable bonds is 4. The first-order chi connectivity index (χ1) is 12.5. The van der Waals surface area contributed by atoms with Gasteiger partial charge in [-0.2, -0.15) is 5.10 Å². The summed E-state index contributed by atoms with van der Waals surface area (Å²) in [5.74, 6) is 5.31. The van der Waals surface area contributed by atoms with Gasteiger partial charge in [0.15, 0.2) is 6.04 Å². The maximum atomic E-state index is 12.9. The van der Waals surface area contributed by atoms with E-state index < -0.39 is 23.6 Å². The van der Waals surface area contributed by atoms with Gasteiger partial charge in [0, 0.05) is 18.3 Å². The van der Waals surface area contributed by atoms with Crippen LogP contribution in [-0.2, 0) is 16.6 Å². The Kier molecular flexibility index (Phi) is 5.97. The number of aryl methyl sites for hydroxylation is 1. The molecule has 0 aliphatic rings. The number of carbonyl (C=O) groups is 2. The highest BCUT2D eigenvalue weighted by molar-refractivity contribution is 6.31. The highest BCUT2D eigenvalue weighted by Crippen LogP contribution is 2.26. The molecule has 10 heteroatoms. The number of nitrogen functional groups attached to an aromatic ring is 1. The van der Waals surface area contributed by atoms with Crippen LogP contribution in [0.5, 0.6) is 0 Å². The molecule has 27 heavy (non-hydrogen) atoms. The number of nitrogens with zero attached hydrogens (tertiary/aromatic N) is 3. The number of nitrogens with two attached hydrogens (primary N) is 2. The van der Waals surface area contributed by atoms with Crippen molar-refractivity contribution in [3.63, 3.8) is 0 Å². The Hall–Kier alpha value is -2.78. The summed E-state index contributed by atoms with van der Waals surface area (Å²) in [6, 6.07) is 4.99. The largest absolute Gasteiger partial charge is 0.443 e. The van der Waals surface area contributed by atoms with Crippen LogP contribution < -0.4 is 16.9 Å². The fourth-order valence-electron chi connectivity index (χ4n) is 2.24. The molecule has 2 amide bonds. The molecule has 0 fully saturated rings. The van der Waals surface area contributed by atoms with Crippen molar-refractivity contribution in [3.8, 4) is 0 Å². The molecule has 5 N–H and O–H groups in total. The summed E-state index contributed by atoms with van der Waals surface area (Å²) in [5.41, 5.74) is 5.97. The van der Waals surface area contributed by atoms with Gasteiger partial charge in [0.1, 0.15) is 5.60 Å². The van der Waals surface area contributed by atoms with Crippen molar-refractivity contribution in [3.05, 3.63) is 41.2 Å². The van der Waals surface area contributed by atoms with Crippen molar-refractivity contribution in [2.75, 3.05) is 11.1 Å². The lowest BCUT2D eigenvalue weighted by atomic mass is 10.1. The van der Waals surface area contributed by atoms with Crippen LogP contribution >= 0.6 is 11.6 Å². The highest BCUT2D eigenvalue weighted by atomic mass is 35.5. The molecule has 1 aromatic carbocycles. The zero-order valence-corrected chi connectivity index (χ0v) is 16.3. The number of benzene rings is 1. The topological polar surface area (TPSA) is 128 Å². The van der Waals surface area contributed by atoms with Crippen molar-refractivity contribution in [1.29, 1.82) is 0 Å². The summed E-state index contributed by atoms with van der Waals surface area (Å²) < 4.78 is 6.75. The lowest BCUT2D eigenvalue weighted by Crippen LogP contribution is -2.48. The van der Waals surface area contributed by atoms with Gasteiger partial charge < -0.3 is 15.8 Å². The van der Waals surface area contributed by atoms with E-state index in [0.717, 1.165) is 0 Å². The SMILES string of the molecule is Cn1ccc(C(C(=O)Nc2cc(Cl)ccc2N)N(N)C(=O)OC(C)(C)C)n1. The third kappa shape index (κ3) is 5.35. The van der Waals surface area contributed by atoms with E-state index in [9.17, 15) is 9.59 Å². The molecule has 0 aliphatic heterocycles. The number of ether oxygens (including phenoxy) is 1. The fraction of sp³-hybridized carbons (Fsp3) is 0.353. The van der Waals surface area contributed by atoms with Gasteiger partial charge in [0.05, 0.1) is 17.1 Å². The van der Waals surface area contributed by atoms with Crippen molar-refractivity contribution >= 4 is 35.0 Å². The normalized spacial score (nSPS) is 12.4. The van der Waals surface area contributed by atoms with Crippen LogP contribution in [0.15, 0.2) is 30.5 Å². The van der Waals surface area contributed by atoms with E-state index in [1.54, 1.807) is 52.2 Å². The van der Waals surface area contributed by atoms with Crippen LogP contribution in [-0.4, -0.2) is 32.4 Å². The number of halogens is 1. The molecule has 0 radical (unpaired) electrons. The van der Waals surface area contributed by atoms with E-state index in [0.29, 0.717) is 21.4 Å². The summed E-state index contributed by atoms with van der Waals surface area (Å²) >= 11 is 5.95. The molecular formula is C17H23ClN6O3. The first kappa shape index (κ1) is 20.5. The zero-order chi connectivity index (χ0) is 20.4. The van der Waals surface area contributed by atoms with Crippen molar-refractivity contribution in [1.82, 2.24) is 14.8 Å². The minimum Gasteiger partial charge on any atom is -0.443 e. The van der Waals surface area contributed by atoms with E-state index in [-0.39, 0.29) is 5.69 Å². The molecule has 0 spiro atoms.